The summed E-state index contributed by atoms with van der Waals surface area (Å²) in [5.74, 6) is -4.11. The van der Waals surface area contributed by atoms with E-state index in [2.05, 4.69) is 0 Å². The Balaban J connectivity index is 4.51. The average Bonchev–Trinajstić information content (AvgIpc) is 1.97. The number of aliphatic hydroxyl groups is 1. The number of rotatable bonds is 5. The Hall–Kier alpha value is -1.23. The van der Waals surface area contributed by atoms with Gasteiger partial charge in [0.15, 0.2) is 5.78 Å². The highest BCUT2D eigenvalue weighted by Gasteiger charge is 2.25. The summed E-state index contributed by atoms with van der Waals surface area (Å²) >= 11 is 0. The Kier molecular flexibility index (Phi) is 4.27. The van der Waals surface area contributed by atoms with Crippen molar-refractivity contribution in [2.24, 2.45) is 5.92 Å². The second-order valence-corrected chi connectivity index (χ2v) is 2.89. The fourth-order valence-electron chi connectivity index (χ4n) is 0.917. The maximum absolute atomic E-state index is 10.6. The molecule has 1 N–H and O–H groups in total. The Morgan fingerprint density at radius 1 is 1.31 bits per heavy atom. The lowest BCUT2D eigenvalue weighted by Gasteiger charge is -2.20. The fourth-order valence-corrected chi connectivity index (χ4v) is 0.917. The summed E-state index contributed by atoms with van der Waals surface area (Å²) in [6, 6.07) is 0. The van der Waals surface area contributed by atoms with E-state index in [-0.39, 0.29) is 6.42 Å². The molecule has 13 heavy (non-hydrogen) atoms. The van der Waals surface area contributed by atoms with Crippen LogP contribution in [-0.4, -0.2) is 28.7 Å². The van der Waals surface area contributed by atoms with Gasteiger partial charge in [0.25, 0.3) is 0 Å². The van der Waals surface area contributed by atoms with Gasteiger partial charge in [-0.25, -0.2) is 0 Å². The number of Topliss-reactive ketones (excluding diaryl/α,β-unsaturated/α-hetero) is 2. The van der Waals surface area contributed by atoms with Crippen molar-refractivity contribution in [1.29, 1.82) is 0 Å². The van der Waals surface area contributed by atoms with Crippen LogP contribution in [0.1, 0.15) is 20.3 Å². The molecule has 0 heterocycles. The number of hydrogen-bond donors (Lipinski definition) is 1. The third-order valence-corrected chi connectivity index (χ3v) is 1.61. The standard InChI is InChI=1S/C8H12O5/c1-4(9)3-6(8(12)13)7(11)5(2)10/h6-7,11H,3H2,1-2H3,(H,12,13)/p-1. The molecule has 2 unspecified atom stereocenters. The fraction of sp³-hybridized carbons (Fsp3) is 0.625. The molecule has 0 amide bonds. The molecule has 0 aliphatic carbocycles. The van der Waals surface area contributed by atoms with Crippen molar-refractivity contribution in [3.63, 3.8) is 0 Å². The number of carbonyl (C=O) groups excluding carboxylic acids is 3. The zero-order chi connectivity index (χ0) is 10.6. The molecule has 0 aromatic heterocycles. The minimum absolute atomic E-state index is 0.386. The van der Waals surface area contributed by atoms with Crippen molar-refractivity contribution in [3.8, 4) is 0 Å². The summed E-state index contributed by atoms with van der Waals surface area (Å²) in [4.78, 5) is 31.6. The van der Waals surface area contributed by atoms with Gasteiger partial charge in [0.05, 0.1) is 0 Å². The van der Waals surface area contributed by atoms with Crippen LogP contribution in [0.4, 0.5) is 0 Å². The quantitative estimate of drug-likeness (QED) is 0.552. The Bertz CT molecular complexity index is 233. The van der Waals surface area contributed by atoms with Crippen LogP contribution in [0.25, 0.3) is 0 Å². The number of aliphatic hydroxyl groups excluding tert-OH is 1. The lowest BCUT2D eigenvalue weighted by molar-refractivity contribution is -0.313. The van der Waals surface area contributed by atoms with E-state index in [1.807, 2.05) is 0 Å². The first kappa shape index (κ1) is 11.8. The lowest BCUT2D eigenvalue weighted by atomic mass is 9.94. The van der Waals surface area contributed by atoms with Crippen LogP contribution in [0.3, 0.4) is 0 Å². The molecule has 0 bridgehead atoms. The molecule has 0 saturated carbocycles. The topological polar surface area (TPSA) is 94.5 Å². The highest BCUT2D eigenvalue weighted by Crippen LogP contribution is 2.09. The molecule has 2 atom stereocenters. The van der Waals surface area contributed by atoms with E-state index < -0.39 is 29.6 Å². The molecule has 0 aliphatic heterocycles. The number of aliphatic carboxylic acids is 1. The summed E-state index contributed by atoms with van der Waals surface area (Å²) < 4.78 is 0. The van der Waals surface area contributed by atoms with E-state index >= 15 is 0 Å². The molecule has 0 aromatic rings. The summed E-state index contributed by atoms with van der Waals surface area (Å²) in [5, 5.41) is 19.5. The Morgan fingerprint density at radius 2 is 1.77 bits per heavy atom. The van der Waals surface area contributed by atoms with E-state index in [0.717, 1.165) is 6.92 Å². The monoisotopic (exact) mass is 187 g/mol. The van der Waals surface area contributed by atoms with Crippen LogP contribution in [0.2, 0.25) is 0 Å². The molecular weight excluding hydrogens is 176 g/mol. The Labute approximate surface area is 75.4 Å². The molecule has 0 spiro atoms. The Morgan fingerprint density at radius 3 is 2.00 bits per heavy atom. The molecule has 74 valence electrons. The number of ketones is 2. The van der Waals surface area contributed by atoms with E-state index in [4.69, 9.17) is 5.11 Å². The predicted molar refractivity (Wildman–Crippen MR) is 40.5 cm³/mol. The normalized spacial score (nSPS) is 14.7. The van der Waals surface area contributed by atoms with Gasteiger partial charge in [-0.05, 0) is 13.8 Å². The summed E-state index contributed by atoms with van der Waals surface area (Å²) in [6.07, 6.45) is -2.04. The minimum Gasteiger partial charge on any atom is -0.550 e. The van der Waals surface area contributed by atoms with Crippen molar-refractivity contribution in [2.75, 3.05) is 0 Å². The van der Waals surface area contributed by atoms with Crippen LogP contribution in [0, 0.1) is 5.92 Å². The average molecular weight is 187 g/mol. The van der Waals surface area contributed by atoms with Crippen molar-refractivity contribution in [3.05, 3.63) is 0 Å². The van der Waals surface area contributed by atoms with E-state index in [1.165, 1.54) is 6.92 Å². The number of carbonyl (C=O) groups is 3. The predicted octanol–water partition coefficient (Wildman–Crippen LogP) is -1.72. The van der Waals surface area contributed by atoms with Crippen molar-refractivity contribution >= 4 is 17.5 Å². The van der Waals surface area contributed by atoms with Crippen molar-refractivity contribution in [2.45, 2.75) is 26.4 Å². The third kappa shape index (κ3) is 3.80. The maximum atomic E-state index is 10.6. The molecule has 0 fully saturated rings. The number of hydrogen-bond acceptors (Lipinski definition) is 5. The highest BCUT2D eigenvalue weighted by atomic mass is 16.4. The number of carboxylic acid groups (broad SMARTS) is 1. The van der Waals surface area contributed by atoms with Gasteiger partial charge in [-0.1, -0.05) is 0 Å². The van der Waals surface area contributed by atoms with Gasteiger partial charge >= 0.3 is 0 Å². The van der Waals surface area contributed by atoms with Gasteiger partial charge < -0.3 is 19.8 Å². The van der Waals surface area contributed by atoms with Crippen molar-refractivity contribution < 1.29 is 24.6 Å². The van der Waals surface area contributed by atoms with Crippen LogP contribution in [0.5, 0.6) is 0 Å². The number of carboxylic acids is 1. The van der Waals surface area contributed by atoms with Gasteiger partial charge in [0, 0.05) is 18.3 Å². The van der Waals surface area contributed by atoms with E-state index in [9.17, 15) is 19.5 Å². The molecule has 0 saturated heterocycles. The maximum Gasteiger partial charge on any atom is 0.158 e. The second kappa shape index (κ2) is 4.71. The lowest BCUT2D eigenvalue weighted by Crippen LogP contribution is -2.42. The molecule has 0 aliphatic rings. The summed E-state index contributed by atoms with van der Waals surface area (Å²) in [6.45, 7) is 2.24. The van der Waals surface area contributed by atoms with Crippen LogP contribution < -0.4 is 5.11 Å². The molecule has 5 nitrogen and oxygen atoms in total. The first-order valence-corrected chi connectivity index (χ1v) is 3.75. The van der Waals surface area contributed by atoms with Gasteiger partial charge in [0.2, 0.25) is 0 Å². The van der Waals surface area contributed by atoms with Crippen LogP contribution in [-0.2, 0) is 14.4 Å². The highest BCUT2D eigenvalue weighted by molar-refractivity contribution is 5.89. The van der Waals surface area contributed by atoms with Gasteiger partial charge in [-0.3, -0.25) is 4.79 Å². The van der Waals surface area contributed by atoms with Crippen LogP contribution >= 0.6 is 0 Å². The molecule has 0 rings (SSSR count). The molecular formula is C8H11O5-. The van der Waals surface area contributed by atoms with Crippen molar-refractivity contribution in [1.82, 2.24) is 0 Å². The summed E-state index contributed by atoms with van der Waals surface area (Å²) in [7, 11) is 0. The summed E-state index contributed by atoms with van der Waals surface area (Å²) in [5.41, 5.74) is 0. The third-order valence-electron chi connectivity index (χ3n) is 1.61. The van der Waals surface area contributed by atoms with Gasteiger partial charge in [0.1, 0.15) is 11.9 Å². The van der Waals surface area contributed by atoms with Crippen LogP contribution in [0.15, 0.2) is 0 Å². The van der Waals surface area contributed by atoms with E-state index in [0.29, 0.717) is 0 Å². The first-order chi connectivity index (χ1) is 5.86. The van der Waals surface area contributed by atoms with Gasteiger partial charge in [-0.2, -0.15) is 0 Å². The van der Waals surface area contributed by atoms with E-state index in [1.54, 1.807) is 0 Å². The molecule has 0 radical (unpaired) electrons. The smallest absolute Gasteiger partial charge is 0.158 e. The zero-order valence-corrected chi connectivity index (χ0v) is 7.44. The first-order valence-electron chi connectivity index (χ1n) is 3.75. The molecule has 0 aromatic carbocycles. The van der Waals surface area contributed by atoms with Gasteiger partial charge in [-0.15, -0.1) is 0 Å². The SMILES string of the molecule is CC(=O)CC(C(=O)[O-])C(O)C(C)=O. The largest absolute Gasteiger partial charge is 0.550 e. The molecule has 5 heteroatoms. The minimum atomic E-state index is -1.66. The second-order valence-electron chi connectivity index (χ2n) is 2.89. The zero-order valence-electron chi connectivity index (χ0n) is 7.44.